The van der Waals surface area contributed by atoms with Gasteiger partial charge in [0.1, 0.15) is 17.2 Å². The smallest absolute Gasteiger partial charge is 0.335 e. The molecule has 0 aliphatic heterocycles. The van der Waals surface area contributed by atoms with Crippen molar-refractivity contribution in [3.8, 4) is 17.2 Å². The Morgan fingerprint density at radius 3 is 2.53 bits per heavy atom. The van der Waals surface area contributed by atoms with Crippen LogP contribution in [0.4, 0.5) is 0 Å². The van der Waals surface area contributed by atoms with Gasteiger partial charge in [-0.1, -0.05) is 12.1 Å². The number of carboxylic acid groups (broad SMARTS) is 1. The van der Waals surface area contributed by atoms with E-state index in [1.807, 2.05) is 19.1 Å². The predicted octanol–water partition coefficient (Wildman–Crippen LogP) is 3.49. The van der Waals surface area contributed by atoms with Crippen LogP contribution < -0.4 is 9.47 Å². The highest BCUT2D eigenvalue weighted by Crippen LogP contribution is 2.28. The molecule has 4 heteroatoms. The molecule has 19 heavy (non-hydrogen) atoms. The quantitative estimate of drug-likeness (QED) is 0.912. The monoisotopic (exact) mass is 258 g/mol. The summed E-state index contributed by atoms with van der Waals surface area (Å²) in [6, 6.07) is 11.9. The second-order valence-corrected chi connectivity index (χ2v) is 4.07. The molecule has 0 aliphatic carbocycles. The van der Waals surface area contributed by atoms with Crippen LogP contribution in [0.15, 0.2) is 42.5 Å². The number of ether oxygens (including phenoxy) is 2. The average Bonchev–Trinajstić information content (AvgIpc) is 2.41. The summed E-state index contributed by atoms with van der Waals surface area (Å²) in [4.78, 5) is 10.9. The number of aryl methyl sites for hydroxylation is 1. The molecule has 2 aromatic carbocycles. The van der Waals surface area contributed by atoms with E-state index in [0.29, 0.717) is 17.2 Å². The van der Waals surface area contributed by atoms with Crippen LogP contribution in [0.2, 0.25) is 0 Å². The highest BCUT2D eigenvalue weighted by Gasteiger charge is 2.08. The van der Waals surface area contributed by atoms with E-state index >= 15 is 0 Å². The van der Waals surface area contributed by atoms with E-state index in [1.54, 1.807) is 31.4 Å². The molecule has 0 spiro atoms. The lowest BCUT2D eigenvalue weighted by Gasteiger charge is -2.10. The van der Waals surface area contributed by atoms with Gasteiger partial charge < -0.3 is 14.6 Å². The standard InChI is InChI=1S/C15H14O4/c1-10-6-7-11(15(16)17)8-14(10)19-13-5-3-4-12(9-13)18-2/h3-9H,1-2H3,(H,16,17). The second-order valence-electron chi connectivity index (χ2n) is 4.07. The van der Waals surface area contributed by atoms with Crippen LogP contribution in [0.25, 0.3) is 0 Å². The van der Waals surface area contributed by atoms with Gasteiger partial charge in [-0.25, -0.2) is 4.79 Å². The van der Waals surface area contributed by atoms with Crippen LogP contribution in [0, 0.1) is 6.92 Å². The van der Waals surface area contributed by atoms with E-state index in [-0.39, 0.29) is 5.56 Å². The van der Waals surface area contributed by atoms with Crippen molar-refractivity contribution in [3.05, 3.63) is 53.6 Å². The number of carbonyl (C=O) groups is 1. The van der Waals surface area contributed by atoms with E-state index in [4.69, 9.17) is 14.6 Å². The van der Waals surface area contributed by atoms with Crippen molar-refractivity contribution >= 4 is 5.97 Å². The molecule has 0 heterocycles. The van der Waals surface area contributed by atoms with Gasteiger partial charge in [-0.3, -0.25) is 0 Å². The number of methoxy groups -OCH3 is 1. The maximum Gasteiger partial charge on any atom is 0.335 e. The Balaban J connectivity index is 2.31. The third-order valence-corrected chi connectivity index (χ3v) is 2.70. The lowest BCUT2D eigenvalue weighted by atomic mass is 10.1. The molecule has 0 aliphatic rings. The predicted molar refractivity (Wildman–Crippen MR) is 71.2 cm³/mol. The van der Waals surface area contributed by atoms with E-state index in [2.05, 4.69) is 0 Å². The lowest BCUT2D eigenvalue weighted by Crippen LogP contribution is -1.97. The van der Waals surface area contributed by atoms with Gasteiger partial charge in [-0.05, 0) is 36.8 Å². The summed E-state index contributed by atoms with van der Waals surface area (Å²) in [6.07, 6.45) is 0. The van der Waals surface area contributed by atoms with Crippen LogP contribution in [-0.4, -0.2) is 18.2 Å². The van der Waals surface area contributed by atoms with Crippen LogP contribution in [0.5, 0.6) is 17.2 Å². The van der Waals surface area contributed by atoms with Crippen molar-refractivity contribution in [2.45, 2.75) is 6.92 Å². The van der Waals surface area contributed by atoms with Crippen LogP contribution in [-0.2, 0) is 0 Å². The van der Waals surface area contributed by atoms with Crippen molar-refractivity contribution in [2.24, 2.45) is 0 Å². The Morgan fingerprint density at radius 1 is 1.11 bits per heavy atom. The van der Waals surface area contributed by atoms with Crippen molar-refractivity contribution in [1.82, 2.24) is 0 Å². The maximum absolute atomic E-state index is 10.9. The van der Waals surface area contributed by atoms with Crippen LogP contribution >= 0.6 is 0 Å². The van der Waals surface area contributed by atoms with E-state index < -0.39 is 5.97 Å². The number of carboxylic acids is 1. The molecule has 0 aromatic heterocycles. The van der Waals surface area contributed by atoms with Crippen molar-refractivity contribution in [3.63, 3.8) is 0 Å². The van der Waals surface area contributed by atoms with E-state index in [1.165, 1.54) is 6.07 Å². The molecule has 1 N–H and O–H groups in total. The Bertz CT molecular complexity index is 605. The first-order valence-electron chi connectivity index (χ1n) is 5.76. The molecular formula is C15H14O4. The fourth-order valence-corrected chi connectivity index (χ4v) is 1.63. The Morgan fingerprint density at radius 2 is 1.84 bits per heavy atom. The average molecular weight is 258 g/mol. The molecule has 0 unspecified atom stereocenters. The second kappa shape index (κ2) is 5.44. The molecule has 2 rings (SSSR count). The summed E-state index contributed by atoms with van der Waals surface area (Å²) >= 11 is 0. The number of rotatable bonds is 4. The van der Waals surface area contributed by atoms with E-state index in [0.717, 1.165) is 5.56 Å². The Kier molecular flexibility index (Phi) is 3.71. The summed E-state index contributed by atoms with van der Waals surface area (Å²) in [5.41, 5.74) is 1.07. The molecule has 2 aromatic rings. The van der Waals surface area contributed by atoms with Gasteiger partial charge in [0.05, 0.1) is 12.7 Å². The molecule has 0 saturated carbocycles. The first kappa shape index (κ1) is 13.0. The van der Waals surface area contributed by atoms with Gasteiger partial charge in [-0.15, -0.1) is 0 Å². The molecule has 0 atom stereocenters. The molecule has 4 nitrogen and oxygen atoms in total. The van der Waals surface area contributed by atoms with Gasteiger partial charge >= 0.3 is 5.97 Å². The number of hydrogen-bond acceptors (Lipinski definition) is 3. The molecule has 98 valence electrons. The summed E-state index contributed by atoms with van der Waals surface area (Å²) in [7, 11) is 1.58. The first-order chi connectivity index (χ1) is 9.10. The van der Waals surface area contributed by atoms with Gasteiger partial charge in [-0.2, -0.15) is 0 Å². The fourth-order valence-electron chi connectivity index (χ4n) is 1.63. The lowest BCUT2D eigenvalue weighted by molar-refractivity contribution is 0.0696. The minimum Gasteiger partial charge on any atom is -0.497 e. The number of benzene rings is 2. The summed E-state index contributed by atoms with van der Waals surface area (Å²) in [5, 5.41) is 8.97. The van der Waals surface area contributed by atoms with Gasteiger partial charge in [0, 0.05) is 6.07 Å². The molecule has 0 fully saturated rings. The first-order valence-corrected chi connectivity index (χ1v) is 5.76. The summed E-state index contributed by atoms with van der Waals surface area (Å²) in [6.45, 7) is 1.86. The highest BCUT2D eigenvalue weighted by atomic mass is 16.5. The molecule has 0 radical (unpaired) electrons. The maximum atomic E-state index is 10.9. The topological polar surface area (TPSA) is 55.8 Å². The molecular weight excluding hydrogens is 244 g/mol. The van der Waals surface area contributed by atoms with Gasteiger partial charge in [0.25, 0.3) is 0 Å². The number of hydrogen-bond donors (Lipinski definition) is 1. The molecule has 0 amide bonds. The summed E-state index contributed by atoms with van der Waals surface area (Å²) in [5.74, 6) is 0.832. The Hall–Kier alpha value is -2.49. The van der Waals surface area contributed by atoms with Crippen molar-refractivity contribution in [1.29, 1.82) is 0 Å². The van der Waals surface area contributed by atoms with Crippen molar-refractivity contribution in [2.75, 3.05) is 7.11 Å². The normalized spacial score (nSPS) is 10.0. The SMILES string of the molecule is COc1cccc(Oc2cc(C(=O)O)ccc2C)c1. The fraction of sp³-hybridized carbons (Fsp3) is 0.133. The third-order valence-electron chi connectivity index (χ3n) is 2.70. The zero-order chi connectivity index (χ0) is 13.8. The Labute approximate surface area is 111 Å². The molecule has 0 bridgehead atoms. The van der Waals surface area contributed by atoms with Gasteiger partial charge in [0.2, 0.25) is 0 Å². The minimum absolute atomic E-state index is 0.198. The number of aromatic carboxylic acids is 1. The highest BCUT2D eigenvalue weighted by molar-refractivity contribution is 5.88. The largest absolute Gasteiger partial charge is 0.497 e. The van der Waals surface area contributed by atoms with Crippen molar-refractivity contribution < 1.29 is 19.4 Å². The van der Waals surface area contributed by atoms with Gasteiger partial charge in [0.15, 0.2) is 0 Å². The minimum atomic E-state index is -0.976. The van der Waals surface area contributed by atoms with E-state index in [9.17, 15) is 4.79 Å². The molecule has 0 saturated heterocycles. The van der Waals surface area contributed by atoms with Crippen LogP contribution in [0.3, 0.4) is 0 Å². The summed E-state index contributed by atoms with van der Waals surface area (Å²) < 4.78 is 10.8. The zero-order valence-electron chi connectivity index (χ0n) is 10.7. The zero-order valence-corrected chi connectivity index (χ0v) is 10.7. The van der Waals surface area contributed by atoms with Crippen LogP contribution in [0.1, 0.15) is 15.9 Å². The third kappa shape index (κ3) is 3.04.